The van der Waals surface area contributed by atoms with Crippen molar-refractivity contribution in [3.05, 3.63) is 48.3 Å². The molecule has 1 aliphatic rings. The highest BCUT2D eigenvalue weighted by Crippen LogP contribution is 2.39. The molecule has 0 N–H and O–H groups in total. The molecule has 1 aromatic heterocycles. The molecule has 0 fully saturated rings. The maximum absolute atomic E-state index is 6.19. The van der Waals surface area contributed by atoms with Crippen LogP contribution in [0.25, 0.3) is 0 Å². The van der Waals surface area contributed by atoms with Gasteiger partial charge in [-0.3, -0.25) is 4.98 Å². The Labute approximate surface area is 102 Å². The molecule has 0 unspecified atom stereocenters. The Kier molecular flexibility index (Phi) is 2.42. The molecule has 0 spiro atoms. The van der Waals surface area contributed by atoms with E-state index in [2.05, 4.69) is 9.98 Å². The van der Waals surface area contributed by atoms with Crippen LogP contribution in [-0.4, -0.2) is 10.2 Å². The third-order valence-electron chi connectivity index (χ3n) is 2.31. The number of halogens is 1. The predicted octanol–water partition coefficient (Wildman–Crippen LogP) is 3.86. The minimum Gasteiger partial charge on any atom is -0.262 e. The van der Waals surface area contributed by atoms with E-state index >= 15 is 0 Å². The number of benzene rings is 1. The van der Waals surface area contributed by atoms with Gasteiger partial charge in [-0.05, 0) is 12.1 Å². The van der Waals surface area contributed by atoms with Gasteiger partial charge in [-0.1, -0.05) is 41.6 Å². The van der Waals surface area contributed by atoms with Crippen molar-refractivity contribution in [3.8, 4) is 0 Å². The highest BCUT2D eigenvalue weighted by Gasteiger charge is 2.15. The second-order valence-corrected chi connectivity index (χ2v) is 4.79. The van der Waals surface area contributed by atoms with Gasteiger partial charge in [0.1, 0.15) is 5.17 Å². The molecule has 0 bridgehead atoms. The molecule has 0 atom stereocenters. The number of nitrogens with zero attached hydrogens (tertiary/aromatic N) is 2. The lowest BCUT2D eigenvalue weighted by Gasteiger charge is -2.03. The first-order chi connectivity index (χ1) is 7.84. The van der Waals surface area contributed by atoms with Crippen molar-refractivity contribution in [1.82, 2.24) is 4.98 Å². The third kappa shape index (κ3) is 1.62. The topological polar surface area (TPSA) is 25.2 Å². The van der Waals surface area contributed by atoms with Crippen LogP contribution in [0.2, 0.25) is 0 Å². The molecule has 2 nitrogen and oxygen atoms in total. The zero-order valence-electron chi connectivity index (χ0n) is 8.22. The molecule has 3 rings (SSSR count). The number of hydrogen-bond acceptors (Lipinski definition) is 3. The van der Waals surface area contributed by atoms with Gasteiger partial charge in [0.05, 0.1) is 11.9 Å². The monoisotopic (exact) mass is 246 g/mol. The van der Waals surface area contributed by atoms with Gasteiger partial charge in [0.25, 0.3) is 0 Å². The van der Waals surface area contributed by atoms with E-state index in [0.717, 1.165) is 21.0 Å². The van der Waals surface area contributed by atoms with Crippen LogP contribution in [0.5, 0.6) is 0 Å². The van der Waals surface area contributed by atoms with Gasteiger partial charge in [0.2, 0.25) is 0 Å². The van der Waals surface area contributed by atoms with Gasteiger partial charge in [-0.25, -0.2) is 4.99 Å². The Morgan fingerprint density at radius 2 is 1.94 bits per heavy atom. The molecule has 0 radical (unpaired) electrons. The van der Waals surface area contributed by atoms with Crippen molar-refractivity contribution in [2.75, 3.05) is 0 Å². The van der Waals surface area contributed by atoms with Gasteiger partial charge in [0.15, 0.2) is 0 Å². The Bertz CT molecular complexity index is 581. The molecule has 2 heterocycles. The molecule has 1 aliphatic heterocycles. The highest BCUT2D eigenvalue weighted by atomic mass is 35.5. The summed E-state index contributed by atoms with van der Waals surface area (Å²) in [6.07, 6.45) is 3.50. The molecule has 4 heteroatoms. The largest absolute Gasteiger partial charge is 0.262 e. The van der Waals surface area contributed by atoms with E-state index in [1.807, 2.05) is 30.3 Å². The van der Waals surface area contributed by atoms with E-state index in [0.29, 0.717) is 5.17 Å². The fraction of sp³-hybridized carbons (Fsp3) is 0. The number of aliphatic imine (C=N–C) groups is 1. The Morgan fingerprint density at radius 1 is 1.06 bits per heavy atom. The number of hydrogen-bond donors (Lipinski definition) is 0. The highest BCUT2D eigenvalue weighted by molar-refractivity contribution is 7.99. The van der Waals surface area contributed by atoms with E-state index in [1.165, 1.54) is 0 Å². The zero-order valence-corrected chi connectivity index (χ0v) is 9.79. The van der Waals surface area contributed by atoms with E-state index in [-0.39, 0.29) is 0 Å². The minimum absolute atomic E-state index is 0.523. The van der Waals surface area contributed by atoms with Crippen molar-refractivity contribution in [2.24, 2.45) is 4.99 Å². The standard InChI is InChI=1S/C12H7ClN2S/c13-12-8-3-1-2-4-10(8)16-11-5-6-14-7-9(11)15-12/h1-7H. The van der Waals surface area contributed by atoms with E-state index < -0.39 is 0 Å². The van der Waals surface area contributed by atoms with Crippen molar-refractivity contribution in [3.63, 3.8) is 0 Å². The predicted molar refractivity (Wildman–Crippen MR) is 66.9 cm³/mol. The van der Waals surface area contributed by atoms with Gasteiger partial charge >= 0.3 is 0 Å². The Hall–Kier alpha value is -1.32. The van der Waals surface area contributed by atoms with Crippen LogP contribution in [0, 0.1) is 0 Å². The number of aromatic nitrogens is 1. The van der Waals surface area contributed by atoms with Gasteiger partial charge in [-0.2, -0.15) is 0 Å². The second-order valence-electron chi connectivity index (χ2n) is 3.34. The smallest absolute Gasteiger partial charge is 0.138 e. The molecule has 78 valence electrons. The van der Waals surface area contributed by atoms with E-state index in [9.17, 15) is 0 Å². The van der Waals surface area contributed by atoms with Crippen molar-refractivity contribution < 1.29 is 0 Å². The van der Waals surface area contributed by atoms with Crippen LogP contribution in [-0.2, 0) is 0 Å². The fourth-order valence-electron chi connectivity index (χ4n) is 1.55. The SMILES string of the molecule is ClC1=Nc2cnccc2Sc2ccccc21. The average Bonchev–Trinajstić information content (AvgIpc) is 2.45. The quantitative estimate of drug-likeness (QED) is 0.705. The molecule has 2 aromatic rings. The Balaban J connectivity index is 2.25. The second kappa shape index (κ2) is 3.92. The summed E-state index contributed by atoms with van der Waals surface area (Å²) in [5.74, 6) is 0. The molecule has 1 aromatic carbocycles. The molecule has 0 saturated carbocycles. The maximum Gasteiger partial charge on any atom is 0.138 e. The zero-order chi connectivity index (χ0) is 11.0. The first kappa shape index (κ1) is 9.87. The van der Waals surface area contributed by atoms with E-state index in [4.69, 9.17) is 11.6 Å². The number of rotatable bonds is 0. The van der Waals surface area contributed by atoms with Crippen LogP contribution in [0.3, 0.4) is 0 Å². The molecule has 0 saturated heterocycles. The van der Waals surface area contributed by atoms with Crippen LogP contribution in [0.4, 0.5) is 5.69 Å². The number of fused-ring (bicyclic) bond motifs is 2. The summed E-state index contributed by atoms with van der Waals surface area (Å²) in [4.78, 5) is 10.6. The van der Waals surface area contributed by atoms with Crippen molar-refractivity contribution in [2.45, 2.75) is 9.79 Å². The summed E-state index contributed by atoms with van der Waals surface area (Å²) >= 11 is 7.86. The molecule has 0 aliphatic carbocycles. The van der Waals surface area contributed by atoms with Crippen molar-refractivity contribution in [1.29, 1.82) is 0 Å². The fourth-order valence-corrected chi connectivity index (χ4v) is 2.86. The Morgan fingerprint density at radius 3 is 2.88 bits per heavy atom. The van der Waals surface area contributed by atoms with Crippen LogP contribution in [0.1, 0.15) is 5.56 Å². The molecule has 0 amide bonds. The molecule has 16 heavy (non-hydrogen) atoms. The van der Waals surface area contributed by atoms with Gasteiger partial charge < -0.3 is 0 Å². The average molecular weight is 247 g/mol. The molecular formula is C12H7ClN2S. The first-order valence-corrected chi connectivity index (χ1v) is 5.99. The molecular weight excluding hydrogens is 240 g/mol. The van der Waals surface area contributed by atoms with Crippen LogP contribution < -0.4 is 0 Å². The summed E-state index contributed by atoms with van der Waals surface area (Å²) in [6.45, 7) is 0. The first-order valence-electron chi connectivity index (χ1n) is 4.80. The lowest BCUT2D eigenvalue weighted by molar-refractivity contribution is 1.24. The summed E-state index contributed by atoms with van der Waals surface area (Å²) in [5, 5.41) is 0.523. The van der Waals surface area contributed by atoms with Crippen LogP contribution in [0.15, 0.2) is 57.5 Å². The lowest BCUT2D eigenvalue weighted by Crippen LogP contribution is -1.90. The van der Waals surface area contributed by atoms with Crippen molar-refractivity contribution >= 4 is 34.2 Å². The lowest BCUT2D eigenvalue weighted by atomic mass is 10.2. The minimum atomic E-state index is 0.523. The number of pyridine rings is 1. The third-order valence-corrected chi connectivity index (χ3v) is 3.74. The van der Waals surface area contributed by atoms with Crippen LogP contribution >= 0.6 is 23.4 Å². The van der Waals surface area contributed by atoms with Gasteiger partial charge in [0, 0.05) is 21.6 Å². The summed E-state index contributed by atoms with van der Waals surface area (Å²) < 4.78 is 0. The maximum atomic E-state index is 6.19. The summed E-state index contributed by atoms with van der Waals surface area (Å²) in [6, 6.07) is 9.95. The van der Waals surface area contributed by atoms with Gasteiger partial charge in [-0.15, -0.1) is 0 Å². The summed E-state index contributed by atoms with van der Waals surface area (Å²) in [7, 11) is 0. The normalized spacial score (nSPS) is 13.4. The summed E-state index contributed by atoms with van der Waals surface area (Å²) in [5.41, 5.74) is 1.80. The van der Waals surface area contributed by atoms with E-state index in [1.54, 1.807) is 24.2 Å².